The van der Waals surface area contributed by atoms with Crippen molar-refractivity contribution < 1.29 is 32.7 Å². The number of hydrogen-bond acceptors (Lipinski definition) is 9. The van der Waals surface area contributed by atoms with Gasteiger partial charge in [0.2, 0.25) is 0 Å². The van der Waals surface area contributed by atoms with Gasteiger partial charge in [0, 0.05) is 20.5 Å². The van der Waals surface area contributed by atoms with Crippen LogP contribution in [0.2, 0.25) is 0 Å². The predicted octanol–water partition coefficient (Wildman–Crippen LogP) is 4.65. The maximum absolute atomic E-state index is 12.2. The first kappa shape index (κ1) is 29.1. The van der Waals surface area contributed by atoms with Crippen molar-refractivity contribution >= 4 is 19.5 Å². The van der Waals surface area contributed by atoms with Gasteiger partial charge >= 0.3 is 19.5 Å². The summed E-state index contributed by atoms with van der Waals surface area (Å²) in [4.78, 5) is 21.7. The Morgan fingerprint density at radius 3 is 1.42 bits per heavy atom. The van der Waals surface area contributed by atoms with Crippen LogP contribution in [-0.2, 0) is 32.7 Å². The van der Waals surface area contributed by atoms with Crippen LogP contribution in [0, 0.1) is 22.7 Å². The van der Waals surface area contributed by atoms with Crippen LogP contribution in [0.1, 0.15) is 78.1 Å². The van der Waals surface area contributed by atoms with Gasteiger partial charge in [-0.1, -0.05) is 25.7 Å². The summed E-state index contributed by atoms with van der Waals surface area (Å²) in [6, 6.07) is 3.91. The molecule has 9 nitrogen and oxygen atoms in total. The van der Waals surface area contributed by atoms with Crippen LogP contribution in [0.4, 0.5) is 0 Å². The van der Waals surface area contributed by atoms with Crippen molar-refractivity contribution in [3.63, 3.8) is 0 Å². The minimum absolute atomic E-state index is 0.338. The highest BCUT2D eigenvalue weighted by Gasteiger charge is 2.16. The summed E-state index contributed by atoms with van der Waals surface area (Å²) in [6.07, 6.45) is 6.06. The van der Waals surface area contributed by atoms with Crippen molar-refractivity contribution in [2.24, 2.45) is 0 Å². The third-order valence-electron chi connectivity index (χ3n) is 4.28. The molecule has 0 heterocycles. The Labute approximate surface area is 185 Å². The van der Waals surface area contributed by atoms with Gasteiger partial charge in [0.1, 0.15) is 12.1 Å². The molecule has 0 N–H and O–H groups in total. The van der Waals surface area contributed by atoms with E-state index in [9.17, 15) is 14.2 Å². The molecule has 176 valence electrons. The summed E-state index contributed by atoms with van der Waals surface area (Å²) < 4.78 is 32.7. The maximum Gasteiger partial charge on any atom is 0.327 e. The first-order chi connectivity index (χ1) is 14.7. The number of unbranched alkanes of at least 4 members (excludes halogenated alkanes) is 6. The average Bonchev–Trinajstić information content (AvgIpc) is 2.69. The molecule has 0 spiro atoms. The fourth-order valence-electron chi connectivity index (χ4n) is 2.77. The van der Waals surface area contributed by atoms with Crippen LogP contribution < -0.4 is 0 Å². The highest BCUT2D eigenvalue weighted by atomic mass is 31.2. The molecule has 0 saturated heterocycles. The summed E-state index contributed by atoms with van der Waals surface area (Å²) in [5.74, 6) is -0.906. The van der Waals surface area contributed by atoms with E-state index in [0.717, 1.165) is 51.4 Å². The van der Waals surface area contributed by atoms with Crippen LogP contribution in [0.25, 0.3) is 0 Å². The van der Waals surface area contributed by atoms with Gasteiger partial charge in [0.25, 0.3) is 0 Å². The monoisotopic (exact) mass is 458 g/mol. The smallest absolute Gasteiger partial charge is 0.327 e. The Morgan fingerprint density at radius 1 is 0.742 bits per heavy atom. The largest absolute Gasteiger partial charge is 0.447 e. The topological polar surface area (TPSA) is 136 Å². The van der Waals surface area contributed by atoms with Gasteiger partial charge in [0.15, 0.2) is 12.2 Å². The van der Waals surface area contributed by atoms with Gasteiger partial charge in [0.05, 0.1) is 13.2 Å². The third kappa shape index (κ3) is 18.5. The number of esters is 2. The fourth-order valence-corrected chi connectivity index (χ4v) is 3.77. The molecule has 31 heavy (non-hydrogen) atoms. The molecule has 0 aliphatic heterocycles. The zero-order valence-electron chi connectivity index (χ0n) is 18.8. The SMILES string of the molecule is CC(=O)OC(C#N)CCCCCCOP(C)(=O)OCCCCCCC(C#N)OC(C)=O. The molecule has 0 saturated carbocycles. The van der Waals surface area contributed by atoms with E-state index in [4.69, 9.17) is 29.0 Å². The van der Waals surface area contributed by atoms with E-state index >= 15 is 0 Å². The number of carbonyl (C=O) groups excluding carboxylic acids is 2. The van der Waals surface area contributed by atoms with E-state index < -0.39 is 31.7 Å². The van der Waals surface area contributed by atoms with Gasteiger partial charge in [-0.05, 0) is 38.5 Å². The van der Waals surface area contributed by atoms with Crippen LogP contribution in [0.15, 0.2) is 0 Å². The Morgan fingerprint density at radius 2 is 1.10 bits per heavy atom. The second kappa shape index (κ2) is 17.7. The number of carbonyl (C=O) groups is 2. The second-order valence-electron chi connectivity index (χ2n) is 7.30. The lowest BCUT2D eigenvalue weighted by atomic mass is 10.1. The zero-order chi connectivity index (χ0) is 23.5. The minimum Gasteiger partial charge on any atom is -0.447 e. The lowest BCUT2D eigenvalue weighted by Crippen LogP contribution is -2.13. The van der Waals surface area contributed by atoms with Crippen molar-refractivity contribution in [2.75, 3.05) is 19.9 Å². The van der Waals surface area contributed by atoms with E-state index in [1.807, 2.05) is 12.1 Å². The van der Waals surface area contributed by atoms with Gasteiger partial charge in [-0.25, -0.2) is 0 Å². The highest BCUT2D eigenvalue weighted by Crippen LogP contribution is 2.44. The summed E-state index contributed by atoms with van der Waals surface area (Å²) in [6.45, 7) is 4.70. The minimum atomic E-state index is -3.08. The van der Waals surface area contributed by atoms with E-state index in [0.29, 0.717) is 26.1 Å². The molecule has 0 fully saturated rings. The molecular weight excluding hydrogens is 423 g/mol. The normalized spacial score (nSPS) is 14.5. The molecule has 2 unspecified atom stereocenters. The van der Waals surface area contributed by atoms with Crippen molar-refractivity contribution in [1.82, 2.24) is 0 Å². The number of ether oxygens (including phenoxy) is 2. The Balaban J connectivity index is 3.68. The van der Waals surface area contributed by atoms with Crippen LogP contribution in [0.5, 0.6) is 0 Å². The van der Waals surface area contributed by atoms with Crippen molar-refractivity contribution in [3.8, 4) is 12.1 Å². The van der Waals surface area contributed by atoms with Gasteiger partial charge in [-0.3, -0.25) is 14.2 Å². The lowest BCUT2D eigenvalue weighted by molar-refractivity contribution is -0.145. The molecular formula is C21H35N2O7P. The lowest BCUT2D eigenvalue weighted by Gasteiger charge is -2.14. The Kier molecular flexibility index (Phi) is 16.6. The third-order valence-corrected chi connectivity index (χ3v) is 5.58. The van der Waals surface area contributed by atoms with Gasteiger partial charge in [-0.2, -0.15) is 10.5 Å². The summed E-state index contributed by atoms with van der Waals surface area (Å²) in [5, 5.41) is 17.8. The summed E-state index contributed by atoms with van der Waals surface area (Å²) in [7, 11) is -3.08. The molecule has 0 aliphatic carbocycles. The number of rotatable bonds is 18. The molecule has 0 aromatic carbocycles. The molecule has 2 atom stereocenters. The molecule has 0 bridgehead atoms. The molecule has 0 aromatic heterocycles. The molecule has 0 aliphatic rings. The summed E-state index contributed by atoms with van der Waals surface area (Å²) >= 11 is 0. The van der Waals surface area contributed by atoms with Crippen LogP contribution >= 0.6 is 7.60 Å². The van der Waals surface area contributed by atoms with Gasteiger partial charge in [-0.15, -0.1) is 0 Å². The first-order valence-corrected chi connectivity index (χ1v) is 12.7. The number of hydrogen-bond donors (Lipinski definition) is 0. The van der Waals surface area contributed by atoms with E-state index in [-0.39, 0.29) is 0 Å². The molecule has 0 rings (SSSR count). The molecule has 10 heteroatoms. The Hall–Kier alpha value is -1.93. The Bertz CT molecular complexity index is 605. The fraction of sp³-hybridized carbons (Fsp3) is 0.810. The van der Waals surface area contributed by atoms with Crippen LogP contribution in [0.3, 0.4) is 0 Å². The van der Waals surface area contributed by atoms with E-state index in [1.54, 1.807) is 0 Å². The number of nitriles is 2. The van der Waals surface area contributed by atoms with E-state index in [1.165, 1.54) is 20.5 Å². The maximum atomic E-state index is 12.2. The number of nitrogens with zero attached hydrogens (tertiary/aromatic N) is 2. The van der Waals surface area contributed by atoms with Crippen LogP contribution in [-0.4, -0.2) is 44.0 Å². The molecule has 0 amide bonds. The quantitative estimate of drug-likeness (QED) is 0.163. The standard InChI is InChI=1S/C21H35N2O7P/c1-18(24)29-20(16-22)12-8-4-6-10-14-27-31(3,26)28-15-11-7-5-9-13-21(17-23)30-19(2)25/h20-21H,4-15H2,1-3H3. The second-order valence-corrected chi connectivity index (χ2v) is 9.36. The zero-order valence-corrected chi connectivity index (χ0v) is 19.7. The average molecular weight is 458 g/mol. The highest BCUT2D eigenvalue weighted by molar-refractivity contribution is 7.52. The molecule has 0 aromatic rings. The van der Waals surface area contributed by atoms with Gasteiger partial charge < -0.3 is 18.5 Å². The van der Waals surface area contributed by atoms with Crippen molar-refractivity contribution in [2.45, 2.75) is 90.3 Å². The first-order valence-electron chi connectivity index (χ1n) is 10.7. The predicted molar refractivity (Wildman–Crippen MR) is 114 cm³/mol. The van der Waals surface area contributed by atoms with Crippen molar-refractivity contribution in [1.29, 1.82) is 10.5 Å². The summed E-state index contributed by atoms with van der Waals surface area (Å²) in [5.41, 5.74) is 0. The van der Waals surface area contributed by atoms with Crippen molar-refractivity contribution in [3.05, 3.63) is 0 Å². The van der Waals surface area contributed by atoms with E-state index in [2.05, 4.69) is 0 Å². The molecule has 0 radical (unpaired) electrons.